The van der Waals surface area contributed by atoms with E-state index in [1.165, 1.54) is 18.2 Å². The van der Waals surface area contributed by atoms with Crippen LogP contribution >= 0.6 is 0 Å². The molecule has 0 saturated heterocycles. The van der Waals surface area contributed by atoms with E-state index in [4.69, 9.17) is 4.74 Å². The number of carbonyl (C=O) groups excluding carboxylic acids is 3. The molecule has 1 N–H and O–H groups in total. The first-order chi connectivity index (χ1) is 18.7. The first kappa shape index (κ1) is 30.5. The summed E-state index contributed by atoms with van der Waals surface area (Å²) in [5.74, 6) is -4.59. The van der Waals surface area contributed by atoms with Gasteiger partial charge in [-0.25, -0.2) is 17.9 Å². The summed E-state index contributed by atoms with van der Waals surface area (Å²) in [6.07, 6.45) is -3.37. The fourth-order valence-electron chi connectivity index (χ4n) is 3.76. The van der Waals surface area contributed by atoms with Crippen LogP contribution in [-0.4, -0.2) is 64.0 Å². The highest BCUT2D eigenvalue weighted by atomic mass is 32.2. The van der Waals surface area contributed by atoms with Gasteiger partial charge in [0, 0.05) is 50.0 Å². The molecule has 0 fully saturated rings. The SMILES string of the molecule is CC(Cc1cncc2ccccc12)Oc1cc(N(C)C)ccc1S(=O)(=O)NC(C=O)CC(=O)OC(=O)C(F)(F)F. The van der Waals surface area contributed by atoms with E-state index in [1.807, 2.05) is 29.0 Å². The van der Waals surface area contributed by atoms with Gasteiger partial charge in [-0.3, -0.25) is 9.78 Å². The van der Waals surface area contributed by atoms with Crippen molar-refractivity contribution >= 4 is 44.7 Å². The van der Waals surface area contributed by atoms with Crippen LogP contribution in [0.25, 0.3) is 10.8 Å². The number of nitrogens with zero attached hydrogens (tertiary/aromatic N) is 2. The van der Waals surface area contributed by atoms with Crippen molar-refractivity contribution in [3.63, 3.8) is 0 Å². The molecule has 14 heteroatoms. The molecule has 10 nitrogen and oxygen atoms in total. The molecule has 0 radical (unpaired) electrons. The van der Waals surface area contributed by atoms with Crippen molar-refractivity contribution in [3.05, 3.63) is 60.4 Å². The van der Waals surface area contributed by atoms with Gasteiger partial charge >= 0.3 is 18.1 Å². The molecule has 214 valence electrons. The van der Waals surface area contributed by atoms with Gasteiger partial charge in [0.2, 0.25) is 10.0 Å². The van der Waals surface area contributed by atoms with Gasteiger partial charge in [0.25, 0.3) is 0 Å². The zero-order valence-corrected chi connectivity index (χ0v) is 22.5. The number of alkyl halides is 3. The van der Waals surface area contributed by atoms with E-state index < -0.39 is 46.7 Å². The highest BCUT2D eigenvalue weighted by Gasteiger charge is 2.42. The van der Waals surface area contributed by atoms with Gasteiger partial charge < -0.3 is 19.2 Å². The van der Waals surface area contributed by atoms with Crippen LogP contribution in [-0.2, 0) is 35.6 Å². The molecular formula is C26H26F3N3O7S. The number of carbonyl (C=O) groups is 3. The summed E-state index contributed by atoms with van der Waals surface area (Å²) in [4.78, 5) is 39.6. The summed E-state index contributed by atoms with van der Waals surface area (Å²) in [5.41, 5.74) is 1.46. The van der Waals surface area contributed by atoms with Gasteiger partial charge in [0.1, 0.15) is 23.0 Å². The van der Waals surface area contributed by atoms with Gasteiger partial charge in [-0.1, -0.05) is 24.3 Å². The Labute approximate surface area is 228 Å². The standard InChI is InChI=1S/C26H26F3N3O7S/c1-16(10-18-14-30-13-17-6-4-5-7-21(17)18)38-22-12-20(32(2)3)8-9-23(22)40(36,37)31-19(15-33)11-24(34)39-25(35)26(27,28)29/h4-9,12-16,19,31H,10-11H2,1-3H3. The van der Waals surface area contributed by atoms with Gasteiger partial charge in [0.15, 0.2) is 0 Å². The molecule has 0 saturated carbocycles. The number of benzene rings is 2. The van der Waals surface area contributed by atoms with Crippen molar-refractivity contribution in [1.29, 1.82) is 0 Å². The summed E-state index contributed by atoms with van der Waals surface area (Å²) in [7, 11) is -1.09. The predicted octanol–water partition coefficient (Wildman–Crippen LogP) is 3.18. The topological polar surface area (TPSA) is 132 Å². The van der Waals surface area contributed by atoms with Crippen molar-refractivity contribution in [3.8, 4) is 5.75 Å². The van der Waals surface area contributed by atoms with Gasteiger partial charge in [-0.15, -0.1) is 0 Å². The highest BCUT2D eigenvalue weighted by Crippen LogP contribution is 2.31. The molecule has 0 spiro atoms. The van der Waals surface area contributed by atoms with Crippen LogP contribution in [0.1, 0.15) is 18.9 Å². The summed E-state index contributed by atoms with van der Waals surface area (Å²) in [6, 6.07) is 9.96. The Morgan fingerprint density at radius 1 is 1.12 bits per heavy atom. The smallest absolute Gasteiger partial charge is 0.489 e. The normalized spacial score (nSPS) is 13.3. The average Bonchev–Trinajstić information content (AvgIpc) is 2.87. The maximum absolute atomic E-state index is 13.2. The first-order valence-corrected chi connectivity index (χ1v) is 13.3. The second-order valence-electron chi connectivity index (χ2n) is 9.01. The lowest BCUT2D eigenvalue weighted by Gasteiger charge is -2.22. The van der Waals surface area contributed by atoms with E-state index in [9.17, 15) is 36.0 Å². The number of sulfonamides is 1. The zero-order chi connectivity index (χ0) is 29.7. The Hall–Kier alpha value is -4.04. The molecule has 0 bridgehead atoms. The van der Waals surface area contributed by atoms with Crippen LogP contribution in [0.4, 0.5) is 18.9 Å². The number of rotatable bonds is 11. The molecule has 0 aliphatic carbocycles. The molecule has 2 unspecified atom stereocenters. The van der Waals surface area contributed by atoms with E-state index in [0.29, 0.717) is 12.1 Å². The first-order valence-electron chi connectivity index (χ1n) is 11.8. The number of hydrogen-bond donors (Lipinski definition) is 1. The number of aromatic nitrogens is 1. The third-order valence-corrected chi connectivity index (χ3v) is 7.14. The average molecular weight is 582 g/mol. The number of aldehydes is 1. The summed E-state index contributed by atoms with van der Waals surface area (Å²) >= 11 is 0. The maximum atomic E-state index is 13.2. The molecule has 0 aliphatic rings. The third kappa shape index (κ3) is 7.76. The Balaban J connectivity index is 1.84. The molecule has 2 aromatic carbocycles. The van der Waals surface area contributed by atoms with Crippen LogP contribution in [0, 0.1) is 0 Å². The Morgan fingerprint density at radius 2 is 1.82 bits per heavy atom. The quantitative estimate of drug-likeness (QED) is 0.206. The van der Waals surface area contributed by atoms with Gasteiger partial charge in [-0.05, 0) is 30.0 Å². The molecule has 1 aromatic heterocycles. The molecule has 1 heterocycles. The number of halogens is 3. The molecule has 40 heavy (non-hydrogen) atoms. The number of nitrogens with one attached hydrogen (secondary N) is 1. The monoisotopic (exact) mass is 581 g/mol. The van der Waals surface area contributed by atoms with Gasteiger partial charge in [0.05, 0.1) is 12.5 Å². The number of hydrogen-bond acceptors (Lipinski definition) is 9. The van der Waals surface area contributed by atoms with Crippen LogP contribution in [0.5, 0.6) is 5.75 Å². The highest BCUT2D eigenvalue weighted by molar-refractivity contribution is 7.89. The number of fused-ring (bicyclic) bond motifs is 1. The van der Waals surface area contributed by atoms with E-state index in [0.717, 1.165) is 16.3 Å². The zero-order valence-electron chi connectivity index (χ0n) is 21.6. The maximum Gasteiger partial charge on any atom is 0.491 e. The molecule has 0 amide bonds. The van der Waals surface area contributed by atoms with Crippen molar-refractivity contribution in [2.45, 2.75) is 43.0 Å². The third-order valence-electron chi connectivity index (χ3n) is 5.61. The Bertz CT molecular complexity index is 1510. The largest absolute Gasteiger partial charge is 0.491 e. The number of esters is 2. The molecule has 3 aromatic rings. The summed E-state index contributed by atoms with van der Waals surface area (Å²) in [6.45, 7) is 1.73. The number of pyridine rings is 1. The minimum atomic E-state index is -5.44. The molecule has 2 atom stereocenters. The lowest BCUT2D eigenvalue weighted by Crippen LogP contribution is -2.39. The predicted molar refractivity (Wildman–Crippen MR) is 138 cm³/mol. The molecule has 3 rings (SSSR count). The summed E-state index contributed by atoms with van der Waals surface area (Å²) < 4.78 is 75.1. The van der Waals surface area contributed by atoms with Crippen molar-refractivity contribution < 1.29 is 45.4 Å². The van der Waals surface area contributed by atoms with E-state index >= 15 is 0 Å². The second-order valence-corrected chi connectivity index (χ2v) is 10.7. The minimum absolute atomic E-state index is 0.00172. The van der Waals surface area contributed by atoms with Crippen LogP contribution in [0.2, 0.25) is 0 Å². The van der Waals surface area contributed by atoms with Crippen molar-refractivity contribution in [2.75, 3.05) is 19.0 Å². The van der Waals surface area contributed by atoms with Crippen molar-refractivity contribution in [1.82, 2.24) is 9.71 Å². The number of ether oxygens (including phenoxy) is 2. The van der Waals surface area contributed by atoms with Crippen LogP contribution in [0.3, 0.4) is 0 Å². The Kier molecular flexibility index (Phi) is 9.48. The van der Waals surface area contributed by atoms with Crippen LogP contribution in [0.15, 0.2) is 59.8 Å². The lowest BCUT2D eigenvalue weighted by molar-refractivity contribution is -0.202. The van der Waals surface area contributed by atoms with Crippen LogP contribution < -0.4 is 14.4 Å². The van der Waals surface area contributed by atoms with Gasteiger partial charge in [-0.2, -0.15) is 13.2 Å². The minimum Gasteiger partial charge on any atom is -0.489 e. The Morgan fingerprint density at radius 3 is 2.48 bits per heavy atom. The number of anilines is 1. The fourth-order valence-corrected chi connectivity index (χ4v) is 5.05. The van der Waals surface area contributed by atoms with Crippen molar-refractivity contribution in [2.24, 2.45) is 0 Å². The lowest BCUT2D eigenvalue weighted by atomic mass is 10.0. The summed E-state index contributed by atoms with van der Waals surface area (Å²) in [5, 5.41) is 1.87. The van der Waals surface area contributed by atoms with E-state index in [1.54, 1.807) is 38.3 Å². The second kappa shape index (κ2) is 12.4. The molecular weight excluding hydrogens is 555 g/mol. The van der Waals surface area contributed by atoms with E-state index in [2.05, 4.69) is 9.72 Å². The van der Waals surface area contributed by atoms with E-state index in [-0.39, 0.29) is 16.9 Å². The molecule has 0 aliphatic heterocycles. The fraction of sp³-hybridized carbons (Fsp3) is 0.308.